The van der Waals surface area contributed by atoms with Crippen molar-refractivity contribution in [1.82, 2.24) is 14.5 Å². The number of nitrogens with zero attached hydrogens (tertiary/aromatic N) is 3. The topological polar surface area (TPSA) is 223 Å². The van der Waals surface area contributed by atoms with E-state index in [9.17, 15) is 51.1 Å². The molecule has 0 bridgehead atoms. The first-order chi connectivity index (χ1) is 15.5. The molecular formula is C20H22ClN3O10. The lowest BCUT2D eigenvalue weighted by Gasteiger charge is -2.35. The molecule has 0 unspecified atom stereocenters. The fraction of sp³-hybridized carbons (Fsp3) is 0.350. The summed E-state index contributed by atoms with van der Waals surface area (Å²) in [5.41, 5.74) is 0.610. The molecule has 3 aromatic rings. The summed E-state index contributed by atoms with van der Waals surface area (Å²) in [5.74, 6) is -19.3. The molecule has 1 aromatic heterocycles. The Kier molecular flexibility index (Phi) is 5.58. The van der Waals surface area contributed by atoms with Crippen LogP contribution in [0.4, 0.5) is 0 Å². The molecule has 0 saturated carbocycles. The Morgan fingerprint density at radius 2 is 1.32 bits per heavy atom. The molecule has 0 atom stereocenters. The largest absolute Gasteiger partial charge is 0.361 e. The SMILES string of the molecule is OC(O)(Cn1c(CN2C(O)(O)C(O)(O)C(O)(O)C2(O)O)nc2ccccc21)c1ccc(Cl)cc1. The molecule has 4 rings (SSSR count). The number of aromatic nitrogens is 2. The van der Waals surface area contributed by atoms with Crippen molar-refractivity contribution in [2.45, 2.75) is 42.3 Å². The average molecular weight is 500 g/mol. The van der Waals surface area contributed by atoms with E-state index in [4.69, 9.17) is 11.6 Å². The summed E-state index contributed by atoms with van der Waals surface area (Å²) in [6, 6.07) is 11.8. The number of imidazole rings is 1. The monoisotopic (exact) mass is 499 g/mol. The minimum Gasteiger partial charge on any atom is -0.361 e. The molecule has 2 aromatic carbocycles. The van der Waals surface area contributed by atoms with Crippen LogP contribution in [0.2, 0.25) is 5.02 Å². The Labute approximate surface area is 195 Å². The molecule has 1 aliphatic rings. The first kappa shape index (κ1) is 24.9. The van der Waals surface area contributed by atoms with Gasteiger partial charge >= 0.3 is 0 Å². The van der Waals surface area contributed by atoms with Crippen molar-refractivity contribution < 1.29 is 51.1 Å². The van der Waals surface area contributed by atoms with E-state index in [1.165, 1.54) is 41.0 Å². The van der Waals surface area contributed by atoms with Crippen molar-refractivity contribution in [3.8, 4) is 0 Å². The van der Waals surface area contributed by atoms with Gasteiger partial charge in [-0.3, -0.25) is 0 Å². The number of likely N-dealkylation sites (tertiary alicyclic amines) is 1. The quantitative estimate of drug-likeness (QED) is 0.158. The number of hydrogen-bond donors (Lipinski definition) is 10. The van der Waals surface area contributed by atoms with Crippen molar-refractivity contribution in [1.29, 1.82) is 0 Å². The second-order valence-corrected chi connectivity index (χ2v) is 8.56. The molecule has 34 heavy (non-hydrogen) atoms. The third-order valence-corrected chi connectivity index (χ3v) is 6.14. The van der Waals surface area contributed by atoms with Crippen molar-refractivity contribution in [2.24, 2.45) is 0 Å². The molecule has 0 amide bonds. The van der Waals surface area contributed by atoms with Gasteiger partial charge in [0.1, 0.15) is 5.82 Å². The van der Waals surface area contributed by atoms with Crippen molar-refractivity contribution in [3.63, 3.8) is 0 Å². The van der Waals surface area contributed by atoms with Crippen LogP contribution in [-0.2, 0) is 18.9 Å². The van der Waals surface area contributed by atoms with Crippen LogP contribution >= 0.6 is 11.6 Å². The Balaban J connectivity index is 1.80. The maximum Gasteiger partial charge on any atom is 0.297 e. The van der Waals surface area contributed by atoms with Crippen LogP contribution in [0.5, 0.6) is 0 Å². The molecule has 1 aliphatic heterocycles. The van der Waals surface area contributed by atoms with Gasteiger partial charge in [0.15, 0.2) is 0 Å². The normalized spacial score (nSPS) is 21.3. The lowest BCUT2D eigenvalue weighted by Crippen LogP contribution is -2.66. The zero-order valence-electron chi connectivity index (χ0n) is 17.2. The summed E-state index contributed by atoms with van der Waals surface area (Å²) in [4.78, 5) is 3.96. The summed E-state index contributed by atoms with van der Waals surface area (Å²) >= 11 is 5.84. The summed E-state index contributed by atoms with van der Waals surface area (Å²) in [6.07, 6.45) is 0. The third-order valence-electron chi connectivity index (χ3n) is 5.89. The molecule has 0 spiro atoms. The molecular weight excluding hydrogens is 478 g/mol. The summed E-state index contributed by atoms with van der Waals surface area (Å²) < 4.78 is 1.18. The molecule has 13 nitrogen and oxygen atoms in total. The van der Waals surface area contributed by atoms with Crippen LogP contribution in [-0.4, -0.2) is 88.9 Å². The van der Waals surface area contributed by atoms with Gasteiger partial charge in [-0.2, -0.15) is 4.90 Å². The second kappa shape index (κ2) is 7.63. The highest BCUT2D eigenvalue weighted by Crippen LogP contribution is 2.48. The van der Waals surface area contributed by atoms with Crippen LogP contribution in [0.3, 0.4) is 0 Å². The number of fused-ring (bicyclic) bond motifs is 1. The van der Waals surface area contributed by atoms with Gasteiger partial charge in [-0.15, -0.1) is 0 Å². The number of hydrogen-bond acceptors (Lipinski definition) is 12. The summed E-state index contributed by atoms with van der Waals surface area (Å²) in [6.45, 7) is -1.66. The van der Waals surface area contributed by atoms with E-state index < -0.39 is 42.3 Å². The van der Waals surface area contributed by atoms with E-state index >= 15 is 0 Å². The van der Waals surface area contributed by atoms with Gasteiger partial charge in [-0.25, -0.2) is 4.98 Å². The smallest absolute Gasteiger partial charge is 0.297 e. The van der Waals surface area contributed by atoms with Crippen molar-refractivity contribution in [3.05, 3.63) is 64.9 Å². The third kappa shape index (κ3) is 3.43. The average Bonchev–Trinajstić information content (AvgIpc) is 3.10. The van der Waals surface area contributed by atoms with Gasteiger partial charge in [0, 0.05) is 10.6 Å². The standard InChI is InChI=1S/C20H22ClN3O10/c21-12-7-5-11(6-8-12)16(25,26)10-23-14-4-2-1-3-13(14)22-15(23)9-24-19(31,32)17(27,28)18(29,30)20(24,33)34/h1-8,25-34H,9-10H2. The predicted molar refractivity (Wildman–Crippen MR) is 112 cm³/mol. The highest BCUT2D eigenvalue weighted by atomic mass is 35.5. The van der Waals surface area contributed by atoms with E-state index in [2.05, 4.69) is 4.98 Å². The maximum absolute atomic E-state index is 10.8. The molecule has 0 radical (unpaired) electrons. The molecule has 184 valence electrons. The van der Waals surface area contributed by atoms with E-state index in [-0.39, 0.29) is 21.8 Å². The Morgan fingerprint density at radius 3 is 1.88 bits per heavy atom. The number of rotatable bonds is 5. The van der Waals surface area contributed by atoms with Crippen LogP contribution < -0.4 is 0 Å². The Hall–Kier alpha value is -2.24. The second-order valence-electron chi connectivity index (χ2n) is 8.13. The minimum absolute atomic E-state index is 0.0357. The van der Waals surface area contributed by atoms with Crippen LogP contribution in [0.25, 0.3) is 11.0 Å². The lowest BCUT2D eigenvalue weighted by molar-refractivity contribution is -0.452. The minimum atomic E-state index is -4.25. The molecule has 10 N–H and O–H groups in total. The van der Waals surface area contributed by atoms with Crippen LogP contribution in [0.1, 0.15) is 11.4 Å². The van der Waals surface area contributed by atoms with Gasteiger partial charge in [-0.05, 0) is 24.3 Å². The van der Waals surface area contributed by atoms with E-state index in [0.717, 1.165) is 0 Å². The van der Waals surface area contributed by atoms with E-state index in [0.29, 0.717) is 10.5 Å². The lowest BCUT2D eigenvalue weighted by atomic mass is 10.1. The van der Waals surface area contributed by atoms with Gasteiger partial charge in [-0.1, -0.05) is 35.9 Å². The fourth-order valence-corrected chi connectivity index (χ4v) is 4.00. The molecule has 0 aliphatic carbocycles. The van der Waals surface area contributed by atoms with Gasteiger partial charge < -0.3 is 55.6 Å². The number of aliphatic hydroxyl groups is 10. The maximum atomic E-state index is 10.8. The Bertz CT molecular complexity index is 1200. The molecule has 1 fully saturated rings. The number of para-hydroxylation sites is 2. The Morgan fingerprint density at radius 1 is 0.794 bits per heavy atom. The first-order valence-corrected chi connectivity index (χ1v) is 10.1. The van der Waals surface area contributed by atoms with Gasteiger partial charge in [0.05, 0.1) is 24.1 Å². The number of benzene rings is 2. The van der Waals surface area contributed by atoms with E-state index in [1.54, 1.807) is 12.1 Å². The first-order valence-electron chi connectivity index (χ1n) is 9.75. The van der Waals surface area contributed by atoms with Gasteiger partial charge in [0.25, 0.3) is 23.4 Å². The highest BCUT2D eigenvalue weighted by molar-refractivity contribution is 6.30. The zero-order valence-corrected chi connectivity index (χ0v) is 18.0. The number of halogens is 1. The van der Waals surface area contributed by atoms with Gasteiger partial charge in [0.2, 0.25) is 5.79 Å². The zero-order chi connectivity index (χ0) is 25.3. The molecule has 2 heterocycles. The van der Waals surface area contributed by atoms with Crippen LogP contribution in [0, 0.1) is 0 Å². The fourth-order valence-electron chi connectivity index (χ4n) is 3.87. The van der Waals surface area contributed by atoms with Crippen molar-refractivity contribution in [2.75, 3.05) is 0 Å². The summed E-state index contributed by atoms with van der Waals surface area (Å²) in [5, 5.41) is 102. The van der Waals surface area contributed by atoms with Crippen molar-refractivity contribution >= 4 is 22.6 Å². The highest BCUT2D eigenvalue weighted by Gasteiger charge is 2.83. The van der Waals surface area contributed by atoms with Crippen LogP contribution in [0.15, 0.2) is 48.5 Å². The summed E-state index contributed by atoms with van der Waals surface area (Å²) in [7, 11) is 0. The molecule has 14 heteroatoms. The van der Waals surface area contributed by atoms with E-state index in [1.807, 2.05) is 0 Å². The predicted octanol–water partition coefficient (Wildman–Crippen LogP) is -3.02. The molecule has 1 saturated heterocycles.